The molecule has 5 nitrogen and oxygen atoms in total. The summed E-state index contributed by atoms with van der Waals surface area (Å²) >= 11 is 0. The SMILES string of the molecule is CCOc1ccccc1NC(=O)C1Cc2ccccc2C(=O)N1. The molecule has 5 heteroatoms. The second kappa shape index (κ2) is 6.52. The number of carbonyl (C=O) groups is 2. The Morgan fingerprint density at radius 3 is 2.78 bits per heavy atom. The summed E-state index contributed by atoms with van der Waals surface area (Å²) in [5.41, 5.74) is 2.12. The van der Waals surface area contributed by atoms with Crippen molar-refractivity contribution in [2.24, 2.45) is 0 Å². The van der Waals surface area contributed by atoms with Crippen molar-refractivity contribution in [3.63, 3.8) is 0 Å². The molecule has 0 bridgehead atoms. The van der Waals surface area contributed by atoms with Crippen molar-refractivity contribution in [2.45, 2.75) is 19.4 Å². The molecule has 1 heterocycles. The van der Waals surface area contributed by atoms with E-state index in [1.165, 1.54) is 0 Å². The van der Waals surface area contributed by atoms with Crippen LogP contribution in [-0.4, -0.2) is 24.5 Å². The molecule has 0 radical (unpaired) electrons. The maximum atomic E-state index is 12.5. The molecule has 23 heavy (non-hydrogen) atoms. The van der Waals surface area contributed by atoms with E-state index in [2.05, 4.69) is 10.6 Å². The zero-order chi connectivity index (χ0) is 16.2. The first-order valence-corrected chi connectivity index (χ1v) is 7.60. The molecule has 2 amide bonds. The number of hydrogen-bond donors (Lipinski definition) is 2. The van der Waals surface area contributed by atoms with Gasteiger partial charge in [-0.15, -0.1) is 0 Å². The summed E-state index contributed by atoms with van der Waals surface area (Å²) in [6.07, 6.45) is 0.477. The Balaban J connectivity index is 1.76. The number of hydrogen-bond acceptors (Lipinski definition) is 3. The number of amides is 2. The summed E-state index contributed by atoms with van der Waals surface area (Å²) in [6.45, 7) is 2.40. The lowest BCUT2D eigenvalue weighted by Gasteiger charge is -2.25. The number of anilines is 1. The first kappa shape index (κ1) is 15.1. The Labute approximate surface area is 134 Å². The minimum absolute atomic E-state index is 0.218. The van der Waals surface area contributed by atoms with Crippen molar-refractivity contribution in [1.82, 2.24) is 5.32 Å². The van der Waals surface area contributed by atoms with Gasteiger partial charge < -0.3 is 15.4 Å². The zero-order valence-electron chi connectivity index (χ0n) is 12.8. The van der Waals surface area contributed by atoms with Gasteiger partial charge in [0.2, 0.25) is 5.91 Å². The largest absolute Gasteiger partial charge is 0.492 e. The van der Waals surface area contributed by atoms with Crippen molar-refractivity contribution in [1.29, 1.82) is 0 Å². The van der Waals surface area contributed by atoms with Crippen molar-refractivity contribution >= 4 is 17.5 Å². The lowest BCUT2D eigenvalue weighted by atomic mass is 9.95. The van der Waals surface area contributed by atoms with Crippen LogP contribution in [0.25, 0.3) is 0 Å². The average Bonchev–Trinajstić information content (AvgIpc) is 2.57. The zero-order valence-corrected chi connectivity index (χ0v) is 12.8. The first-order valence-electron chi connectivity index (χ1n) is 7.60. The normalized spacial score (nSPS) is 16.2. The molecule has 118 valence electrons. The second-order valence-electron chi connectivity index (χ2n) is 5.31. The minimum atomic E-state index is -0.591. The van der Waals surface area contributed by atoms with E-state index >= 15 is 0 Å². The molecule has 0 saturated heterocycles. The molecule has 2 N–H and O–H groups in total. The molecule has 3 rings (SSSR count). The number of benzene rings is 2. The Kier molecular flexibility index (Phi) is 4.28. The van der Waals surface area contributed by atoms with E-state index in [-0.39, 0.29) is 11.8 Å². The van der Waals surface area contributed by atoms with Crippen LogP contribution < -0.4 is 15.4 Å². The maximum absolute atomic E-state index is 12.5. The van der Waals surface area contributed by atoms with Gasteiger partial charge in [0, 0.05) is 12.0 Å². The van der Waals surface area contributed by atoms with Gasteiger partial charge in [0.25, 0.3) is 5.91 Å². The maximum Gasteiger partial charge on any atom is 0.252 e. The Hall–Kier alpha value is -2.82. The van der Waals surface area contributed by atoms with Crippen molar-refractivity contribution < 1.29 is 14.3 Å². The van der Waals surface area contributed by atoms with Crippen LogP contribution in [0.4, 0.5) is 5.69 Å². The molecule has 0 saturated carbocycles. The second-order valence-corrected chi connectivity index (χ2v) is 5.31. The van der Waals surface area contributed by atoms with Crippen LogP contribution in [0.3, 0.4) is 0 Å². The predicted octanol–water partition coefficient (Wildman–Crippen LogP) is 2.38. The summed E-state index contributed by atoms with van der Waals surface area (Å²) in [6, 6.07) is 14.0. The summed E-state index contributed by atoms with van der Waals surface area (Å²) in [5.74, 6) is 0.149. The van der Waals surface area contributed by atoms with E-state index in [0.29, 0.717) is 30.0 Å². The average molecular weight is 310 g/mol. The van der Waals surface area contributed by atoms with E-state index in [1.54, 1.807) is 18.2 Å². The van der Waals surface area contributed by atoms with Gasteiger partial charge in [-0.3, -0.25) is 9.59 Å². The molecule has 1 unspecified atom stereocenters. The molecule has 1 atom stereocenters. The highest BCUT2D eigenvalue weighted by Crippen LogP contribution is 2.24. The fourth-order valence-electron chi connectivity index (χ4n) is 2.66. The highest BCUT2D eigenvalue weighted by molar-refractivity contribution is 6.04. The van der Waals surface area contributed by atoms with E-state index in [0.717, 1.165) is 5.56 Å². The molecule has 0 aromatic heterocycles. The Morgan fingerprint density at radius 2 is 1.96 bits per heavy atom. The van der Waals surface area contributed by atoms with Crippen LogP contribution in [0, 0.1) is 0 Å². The predicted molar refractivity (Wildman–Crippen MR) is 87.6 cm³/mol. The molecule has 2 aromatic carbocycles. The number of fused-ring (bicyclic) bond motifs is 1. The molecule has 0 spiro atoms. The van der Waals surface area contributed by atoms with Crippen molar-refractivity contribution in [3.8, 4) is 5.75 Å². The van der Waals surface area contributed by atoms with Crippen LogP contribution >= 0.6 is 0 Å². The van der Waals surface area contributed by atoms with Gasteiger partial charge in [0.15, 0.2) is 0 Å². The molecular formula is C18H18N2O3. The number of para-hydroxylation sites is 2. The first-order chi connectivity index (χ1) is 11.2. The number of ether oxygens (including phenoxy) is 1. The number of rotatable bonds is 4. The van der Waals surface area contributed by atoms with Crippen LogP contribution in [0.2, 0.25) is 0 Å². The van der Waals surface area contributed by atoms with Gasteiger partial charge in [-0.1, -0.05) is 30.3 Å². The van der Waals surface area contributed by atoms with E-state index in [1.807, 2.05) is 37.3 Å². The quantitative estimate of drug-likeness (QED) is 0.911. The fourth-order valence-corrected chi connectivity index (χ4v) is 2.66. The van der Waals surface area contributed by atoms with Crippen molar-refractivity contribution in [2.75, 3.05) is 11.9 Å². The third kappa shape index (κ3) is 3.18. The smallest absolute Gasteiger partial charge is 0.252 e. The highest BCUT2D eigenvalue weighted by atomic mass is 16.5. The van der Waals surface area contributed by atoms with Crippen molar-refractivity contribution in [3.05, 3.63) is 59.7 Å². The summed E-state index contributed by atoms with van der Waals surface area (Å²) < 4.78 is 5.50. The minimum Gasteiger partial charge on any atom is -0.492 e. The van der Waals surface area contributed by atoms with Gasteiger partial charge in [0.05, 0.1) is 12.3 Å². The van der Waals surface area contributed by atoms with Gasteiger partial charge in [0.1, 0.15) is 11.8 Å². The Bertz CT molecular complexity index is 743. The molecule has 1 aliphatic heterocycles. The summed E-state index contributed by atoms with van der Waals surface area (Å²) in [4.78, 5) is 24.6. The summed E-state index contributed by atoms with van der Waals surface area (Å²) in [7, 11) is 0. The molecule has 0 aliphatic carbocycles. The van der Waals surface area contributed by atoms with Gasteiger partial charge in [-0.05, 0) is 30.7 Å². The molecular weight excluding hydrogens is 292 g/mol. The van der Waals surface area contributed by atoms with Crippen LogP contribution in [-0.2, 0) is 11.2 Å². The van der Waals surface area contributed by atoms with Crippen LogP contribution in [0.5, 0.6) is 5.75 Å². The molecule has 1 aliphatic rings. The number of nitrogens with one attached hydrogen (secondary N) is 2. The number of carbonyl (C=O) groups excluding carboxylic acids is 2. The highest BCUT2D eigenvalue weighted by Gasteiger charge is 2.29. The van der Waals surface area contributed by atoms with Crippen LogP contribution in [0.1, 0.15) is 22.8 Å². The molecule has 0 fully saturated rings. The lowest BCUT2D eigenvalue weighted by molar-refractivity contribution is -0.118. The van der Waals surface area contributed by atoms with E-state index < -0.39 is 6.04 Å². The van der Waals surface area contributed by atoms with Crippen LogP contribution in [0.15, 0.2) is 48.5 Å². The monoisotopic (exact) mass is 310 g/mol. The lowest BCUT2D eigenvalue weighted by Crippen LogP contribution is -2.48. The van der Waals surface area contributed by atoms with Gasteiger partial charge in [-0.2, -0.15) is 0 Å². The third-order valence-corrected chi connectivity index (χ3v) is 3.75. The topological polar surface area (TPSA) is 67.4 Å². The van der Waals surface area contributed by atoms with Gasteiger partial charge >= 0.3 is 0 Å². The van der Waals surface area contributed by atoms with Gasteiger partial charge in [-0.25, -0.2) is 0 Å². The fraction of sp³-hybridized carbons (Fsp3) is 0.222. The van der Waals surface area contributed by atoms with E-state index in [4.69, 9.17) is 4.74 Å². The standard InChI is InChI=1S/C18H18N2O3/c1-2-23-16-10-6-5-9-14(16)19-18(22)15-11-12-7-3-4-8-13(12)17(21)20-15/h3-10,15H,2,11H2,1H3,(H,19,22)(H,20,21). The van der Waals surface area contributed by atoms with E-state index in [9.17, 15) is 9.59 Å². The molecule has 2 aromatic rings. The third-order valence-electron chi connectivity index (χ3n) is 3.75. The summed E-state index contributed by atoms with van der Waals surface area (Å²) in [5, 5.41) is 5.59. The Morgan fingerprint density at radius 1 is 1.22 bits per heavy atom.